The maximum Gasteiger partial charge on any atom is 0.321 e. The van der Waals surface area contributed by atoms with E-state index in [-0.39, 0.29) is 23.7 Å². The molecule has 0 bridgehead atoms. The molecule has 0 aliphatic rings. The predicted octanol–water partition coefficient (Wildman–Crippen LogP) is 1.14. The van der Waals surface area contributed by atoms with Crippen LogP contribution >= 0.6 is 0 Å². The maximum atomic E-state index is 12.6. The number of rotatable bonds is 7. The number of benzene rings is 1. The van der Waals surface area contributed by atoms with Gasteiger partial charge >= 0.3 is 6.03 Å². The molecule has 0 aliphatic carbocycles. The van der Waals surface area contributed by atoms with Gasteiger partial charge in [0.15, 0.2) is 23.1 Å². The molecule has 12 heteroatoms. The van der Waals surface area contributed by atoms with Crippen molar-refractivity contribution >= 4 is 29.1 Å². The number of methoxy groups -OCH3 is 1. The zero-order chi connectivity index (χ0) is 25.6. The van der Waals surface area contributed by atoms with Crippen molar-refractivity contribution in [2.75, 3.05) is 31.3 Å². The van der Waals surface area contributed by atoms with Crippen molar-refractivity contribution in [1.82, 2.24) is 35.6 Å². The van der Waals surface area contributed by atoms with Gasteiger partial charge in [-0.05, 0) is 12.1 Å². The number of nitrogens with one attached hydrogen (secondary N) is 4. The maximum absolute atomic E-state index is 12.6. The smallest absolute Gasteiger partial charge is 0.321 e. The summed E-state index contributed by atoms with van der Waals surface area (Å²) in [5.74, 6) is 1.96. The van der Waals surface area contributed by atoms with E-state index in [0.29, 0.717) is 22.8 Å². The highest BCUT2D eigenvalue weighted by atomic mass is 16.5. The summed E-state index contributed by atoms with van der Waals surface area (Å²) in [6.07, 6.45) is 6.65. The van der Waals surface area contributed by atoms with Crippen LogP contribution in [0, 0.1) is 12.3 Å². The van der Waals surface area contributed by atoms with Gasteiger partial charge in [0, 0.05) is 24.2 Å². The molecule has 0 unspecified atom stereocenters. The highest BCUT2D eigenvalue weighted by Crippen LogP contribution is 2.37. The minimum absolute atomic E-state index is 0.0189. The van der Waals surface area contributed by atoms with E-state index in [2.05, 4.69) is 42.2 Å². The number of urea groups is 1. The van der Waals surface area contributed by atoms with E-state index in [4.69, 9.17) is 15.3 Å². The second-order valence-electron chi connectivity index (χ2n) is 6.21. The van der Waals surface area contributed by atoms with Gasteiger partial charge in [0.2, 0.25) is 0 Å². The minimum atomic E-state index is -2.76. The number of para-hydroxylation sites is 1. The first-order valence-corrected chi connectivity index (χ1v) is 9.10. The van der Waals surface area contributed by atoms with Crippen molar-refractivity contribution in [3.8, 4) is 29.5 Å². The van der Waals surface area contributed by atoms with Gasteiger partial charge < -0.3 is 20.7 Å². The van der Waals surface area contributed by atoms with Gasteiger partial charge in [-0.25, -0.2) is 9.78 Å². The Bertz CT molecular complexity index is 1280. The van der Waals surface area contributed by atoms with E-state index in [1.54, 1.807) is 25.2 Å². The molecule has 2 aromatic heterocycles. The van der Waals surface area contributed by atoms with Gasteiger partial charge in [0.05, 0.1) is 30.6 Å². The Balaban J connectivity index is 2.02. The number of terminal acetylenes is 1. The number of amides is 3. The van der Waals surface area contributed by atoms with Crippen molar-refractivity contribution in [3.63, 3.8) is 0 Å². The zero-order valence-corrected chi connectivity index (χ0v) is 17.1. The number of aromatic nitrogens is 5. The van der Waals surface area contributed by atoms with Gasteiger partial charge in [0.1, 0.15) is 6.33 Å². The van der Waals surface area contributed by atoms with Crippen molar-refractivity contribution < 1.29 is 18.4 Å². The first-order chi connectivity index (χ1) is 16.6. The Morgan fingerprint density at radius 2 is 2.16 bits per heavy atom. The fourth-order valence-electron chi connectivity index (χ4n) is 2.71. The fourth-order valence-corrected chi connectivity index (χ4v) is 2.71. The van der Waals surface area contributed by atoms with E-state index in [0.717, 1.165) is 0 Å². The molecule has 0 atom stereocenters. The van der Waals surface area contributed by atoms with E-state index in [1.807, 2.05) is 5.32 Å². The van der Waals surface area contributed by atoms with Crippen molar-refractivity contribution in [2.45, 2.75) is 0 Å². The van der Waals surface area contributed by atoms with Crippen molar-refractivity contribution in [1.29, 1.82) is 0 Å². The third-order valence-electron chi connectivity index (χ3n) is 4.04. The third-order valence-corrected chi connectivity index (χ3v) is 4.04. The van der Waals surface area contributed by atoms with Crippen LogP contribution in [0.3, 0.4) is 0 Å². The molecule has 3 rings (SSSR count). The molecule has 0 saturated heterocycles. The Morgan fingerprint density at radius 3 is 2.84 bits per heavy atom. The lowest BCUT2D eigenvalue weighted by Crippen LogP contribution is -2.29. The highest BCUT2D eigenvalue weighted by molar-refractivity contribution is 5.99. The Morgan fingerprint density at radius 1 is 1.31 bits per heavy atom. The minimum Gasteiger partial charge on any atom is -0.494 e. The molecule has 164 valence electrons. The Hall–Kier alpha value is -4.66. The highest BCUT2D eigenvalue weighted by Gasteiger charge is 2.19. The lowest BCUT2D eigenvalue weighted by atomic mass is 10.1. The van der Waals surface area contributed by atoms with Crippen molar-refractivity contribution in [2.24, 2.45) is 7.05 Å². The second kappa shape index (κ2) is 9.90. The van der Waals surface area contributed by atoms with Crippen LogP contribution in [0.5, 0.6) is 5.75 Å². The van der Waals surface area contributed by atoms with E-state index in [1.165, 1.54) is 24.2 Å². The molecule has 2 heterocycles. The first-order valence-electron chi connectivity index (χ1n) is 10.6. The summed E-state index contributed by atoms with van der Waals surface area (Å²) < 4.78 is 29.0. The average molecular weight is 438 g/mol. The average Bonchev–Trinajstić information content (AvgIpc) is 3.22. The predicted molar refractivity (Wildman–Crippen MR) is 118 cm³/mol. The number of aryl methyl sites for hydroxylation is 1. The summed E-state index contributed by atoms with van der Waals surface area (Å²) in [6.45, 7) is -2.78. The van der Waals surface area contributed by atoms with Gasteiger partial charge in [-0.2, -0.15) is 5.10 Å². The number of anilines is 3. The summed E-state index contributed by atoms with van der Waals surface area (Å²) in [5.41, 5.74) is 0.647. The third kappa shape index (κ3) is 4.90. The molecular formula is C20H21N9O3. The van der Waals surface area contributed by atoms with Crippen LogP contribution in [0.25, 0.3) is 11.4 Å². The molecular weight excluding hydrogens is 414 g/mol. The fraction of sp³-hybridized carbons (Fsp3) is 0.200. The van der Waals surface area contributed by atoms with Crippen LogP contribution in [0.2, 0.25) is 0 Å². The molecule has 12 nitrogen and oxygen atoms in total. The normalized spacial score (nSPS) is 11.8. The van der Waals surface area contributed by atoms with Gasteiger partial charge in [0.25, 0.3) is 5.91 Å². The summed E-state index contributed by atoms with van der Waals surface area (Å²) in [4.78, 5) is 28.8. The van der Waals surface area contributed by atoms with Crippen molar-refractivity contribution in [3.05, 3.63) is 36.3 Å². The number of hydrogen-bond donors (Lipinski definition) is 4. The quantitative estimate of drug-likeness (QED) is 0.401. The topological polar surface area (TPSA) is 148 Å². The monoisotopic (exact) mass is 438 g/mol. The van der Waals surface area contributed by atoms with Crippen LogP contribution in [0.4, 0.5) is 22.0 Å². The summed E-state index contributed by atoms with van der Waals surface area (Å²) in [5, 5.41) is 21.5. The molecule has 0 spiro atoms. The lowest BCUT2D eigenvalue weighted by molar-refractivity contribution is 0.0958. The Kier molecular flexibility index (Phi) is 5.61. The molecule has 32 heavy (non-hydrogen) atoms. The summed E-state index contributed by atoms with van der Waals surface area (Å²) >= 11 is 0. The standard InChI is InChI=1S/C20H21N9O3/c1-5-9-22-20(31)25-15-10-14(16(27-26-15)19(30)21-2)24-13-8-6-7-12(17(13)32-4)18-23-11-29(3)28-18/h1,6-8,10-11H,9H2,2-4H3,(H,21,30)(H3,22,24,25,26,31)/i2D3. The largest absolute Gasteiger partial charge is 0.494 e. The molecule has 1 aromatic carbocycles. The van der Waals surface area contributed by atoms with Crippen LogP contribution in [-0.2, 0) is 7.05 Å². The summed E-state index contributed by atoms with van der Waals surface area (Å²) in [6, 6.07) is 5.77. The molecule has 0 saturated carbocycles. The zero-order valence-electron chi connectivity index (χ0n) is 20.1. The van der Waals surface area contributed by atoms with Crippen LogP contribution in [0.1, 0.15) is 14.6 Å². The van der Waals surface area contributed by atoms with E-state index >= 15 is 0 Å². The van der Waals surface area contributed by atoms with Crippen LogP contribution in [-0.4, -0.2) is 57.5 Å². The van der Waals surface area contributed by atoms with Crippen LogP contribution < -0.4 is 26.0 Å². The van der Waals surface area contributed by atoms with Crippen LogP contribution in [0.15, 0.2) is 30.6 Å². The molecule has 3 aromatic rings. The summed E-state index contributed by atoms with van der Waals surface area (Å²) in [7, 11) is 3.17. The number of carbonyl (C=O) groups excluding carboxylic acids is 2. The first kappa shape index (κ1) is 18.1. The Labute approximate surface area is 188 Å². The molecule has 3 amide bonds. The molecule has 0 fully saturated rings. The number of hydrogen-bond acceptors (Lipinski definition) is 8. The molecule has 0 aliphatic heterocycles. The van der Waals surface area contributed by atoms with E-state index < -0.39 is 18.9 Å². The lowest BCUT2D eigenvalue weighted by Gasteiger charge is -2.16. The molecule has 4 N–H and O–H groups in total. The van der Waals surface area contributed by atoms with Gasteiger partial charge in [-0.1, -0.05) is 12.0 Å². The second-order valence-corrected chi connectivity index (χ2v) is 6.21. The number of nitrogens with zero attached hydrogens (tertiary/aromatic N) is 5. The van der Waals surface area contributed by atoms with E-state index in [9.17, 15) is 9.59 Å². The SMILES string of the molecule is [2H]C([2H])([2H])NC(=O)c1nnc(NC(=O)NCC#C)cc1Nc1cccc(-c2ncn(C)n2)c1OC. The van der Waals surface area contributed by atoms with Gasteiger partial charge in [-0.3, -0.25) is 14.8 Å². The van der Waals surface area contributed by atoms with Gasteiger partial charge in [-0.15, -0.1) is 16.6 Å². The number of ether oxygens (including phenoxy) is 1. The molecule has 0 radical (unpaired) electrons. The number of carbonyl (C=O) groups is 2.